The summed E-state index contributed by atoms with van der Waals surface area (Å²) in [6.45, 7) is 6.92. The van der Waals surface area contributed by atoms with Crippen molar-refractivity contribution in [3.8, 4) is 17.2 Å². The molecule has 1 atom stereocenters. The van der Waals surface area contributed by atoms with E-state index >= 15 is 0 Å². The molecule has 1 heterocycles. The SMILES string of the molecule is CC(C)C(=O)Nc1cccc(C2CCN(CCC(Oc3ccc(Oc4ccccc4)cc3)c3ccccc3)CC2)c1. The van der Waals surface area contributed by atoms with Crippen LogP contribution in [0.5, 0.6) is 17.2 Å². The van der Waals surface area contributed by atoms with E-state index in [9.17, 15) is 4.79 Å². The lowest BCUT2D eigenvalue weighted by molar-refractivity contribution is -0.118. The third-order valence-electron chi connectivity index (χ3n) is 7.70. The number of amides is 1. The maximum atomic E-state index is 12.1. The molecule has 0 aliphatic carbocycles. The molecule has 5 nitrogen and oxygen atoms in total. The van der Waals surface area contributed by atoms with Crippen molar-refractivity contribution < 1.29 is 14.3 Å². The van der Waals surface area contributed by atoms with Gasteiger partial charge in [0.2, 0.25) is 5.91 Å². The second-order valence-electron chi connectivity index (χ2n) is 11.1. The standard InChI is InChI=1S/C36H40N2O3/c1-27(2)36(39)37-31-13-9-12-30(26-31)28-20-23-38(24-21-28)25-22-35(29-10-5-3-6-11-29)41-34-18-16-33(17-19-34)40-32-14-7-4-8-15-32/h3-19,26-28,35H,20-25H2,1-2H3,(H,37,39). The van der Waals surface area contributed by atoms with Crippen LogP contribution in [0.1, 0.15) is 56.3 Å². The van der Waals surface area contributed by atoms with Crippen LogP contribution in [-0.2, 0) is 4.79 Å². The van der Waals surface area contributed by atoms with Crippen LogP contribution < -0.4 is 14.8 Å². The Morgan fingerprint density at radius 1 is 0.805 bits per heavy atom. The fourth-order valence-electron chi connectivity index (χ4n) is 5.28. The normalized spacial score (nSPS) is 14.9. The van der Waals surface area contributed by atoms with Gasteiger partial charge in [-0.25, -0.2) is 0 Å². The first-order valence-electron chi connectivity index (χ1n) is 14.7. The molecule has 0 saturated carbocycles. The molecule has 4 aromatic carbocycles. The first-order chi connectivity index (χ1) is 20.0. The predicted molar refractivity (Wildman–Crippen MR) is 166 cm³/mol. The third-order valence-corrected chi connectivity index (χ3v) is 7.70. The van der Waals surface area contributed by atoms with Gasteiger partial charge in [-0.05, 0) is 91.5 Å². The second kappa shape index (κ2) is 14.0. The molecule has 5 rings (SSSR count). The number of benzene rings is 4. The minimum atomic E-state index is -0.0314. The summed E-state index contributed by atoms with van der Waals surface area (Å²) in [6.07, 6.45) is 3.10. The zero-order chi connectivity index (χ0) is 28.4. The lowest BCUT2D eigenvalue weighted by Crippen LogP contribution is -2.34. The van der Waals surface area contributed by atoms with E-state index in [4.69, 9.17) is 9.47 Å². The van der Waals surface area contributed by atoms with Gasteiger partial charge in [-0.3, -0.25) is 4.79 Å². The number of likely N-dealkylation sites (tertiary alicyclic amines) is 1. The fraction of sp³-hybridized carbons (Fsp3) is 0.306. The molecule has 1 unspecified atom stereocenters. The van der Waals surface area contributed by atoms with E-state index in [2.05, 4.69) is 52.7 Å². The number of nitrogens with zero attached hydrogens (tertiary/aromatic N) is 1. The first kappa shape index (κ1) is 28.4. The molecule has 0 radical (unpaired) electrons. The number of rotatable bonds is 11. The molecule has 0 bridgehead atoms. The molecule has 0 spiro atoms. The molecule has 1 aliphatic rings. The molecule has 0 aromatic heterocycles. The highest BCUT2D eigenvalue weighted by Crippen LogP contribution is 2.32. The average Bonchev–Trinajstić information content (AvgIpc) is 3.01. The van der Waals surface area contributed by atoms with Gasteiger partial charge in [0, 0.05) is 24.6 Å². The first-order valence-corrected chi connectivity index (χ1v) is 14.7. The van der Waals surface area contributed by atoms with Gasteiger partial charge in [-0.15, -0.1) is 0 Å². The number of hydrogen-bond donors (Lipinski definition) is 1. The van der Waals surface area contributed by atoms with Crippen LogP contribution in [0.3, 0.4) is 0 Å². The Labute approximate surface area is 244 Å². The number of carbonyl (C=O) groups excluding carboxylic acids is 1. The van der Waals surface area contributed by atoms with Crippen LogP contribution in [0, 0.1) is 5.92 Å². The van der Waals surface area contributed by atoms with Crippen molar-refractivity contribution in [1.29, 1.82) is 0 Å². The number of carbonyl (C=O) groups is 1. The van der Waals surface area contributed by atoms with Gasteiger partial charge in [0.1, 0.15) is 23.4 Å². The van der Waals surface area contributed by atoms with E-state index in [1.54, 1.807) is 0 Å². The van der Waals surface area contributed by atoms with Crippen molar-refractivity contribution in [2.75, 3.05) is 25.0 Å². The minimum absolute atomic E-state index is 0.0291. The van der Waals surface area contributed by atoms with Crippen molar-refractivity contribution in [3.05, 3.63) is 120 Å². The molecule has 1 N–H and O–H groups in total. The van der Waals surface area contributed by atoms with E-state index in [-0.39, 0.29) is 17.9 Å². The lowest BCUT2D eigenvalue weighted by atomic mass is 9.89. The highest BCUT2D eigenvalue weighted by molar-refractivity contribution is 5.92. The smallest absolute Gasteiger partial charge is 0.226 e. The van der Waals surface area contributed by atoms with Crippen LogP contribution >= 0.6 is 0 Å². The molecule has 212 valence electrons. The van der Waals surface area contributed by atoms with Gasteiger partial charge in [0.05, 0.1) is 0 Å². The predicted octanol–water partition coefficient (Wildman–Crippen LogP) is 8.46. The summed E-state index contributed by atoms with van der Waals surface area (Å²) in [5.41, 5.74) is 3.40. The quantitative estimate of drug-likeness (QED) is 0.204. The van der Waals surface area contributed by atoms with Crippen LogP contribution in [0.15, 0.2) is 109 Å². The van der Waals surface area contributed by atoms with E-state index in [1.165, 1.54) is 11.1 Å². The van der Waals surface area contributed by atoms with E-state index in [0.717, 1.165) is 61.8 Å². The topological polar surface area (TPSA) is 50.8 Å². The molecule has 1 saturated heterocycles. The van der Waals surface area contributed by atoms with E-state index in [1.807, 2.05) is 80.6 Å². The van der Waals surface area contributed by atoms with Crippen molar-refractivity contribution in [2.45, 2.75) is 45.1 Å². The van der Waals surface area contributed by atoms with E-state index in [0.29, 0.717) is 5.92 Å². The van der Waals surface area contributed by atoms with Gasteiger partial charge >= 0.3 is 0 Å². The highest BCUT2D eigenvalue weighted by atomic mass is 16.5. The average molecular weight is 549 g/mol. The molecule has 1 fully saturated rings. The van der Waals surface area contributed by atoms with Gasteiger partial charge in [0.25, 0.3) is 0 Å². The van der Waals surface area contributed by atoms with Gasteiger partial charge in [-0.2, -0.15) is 0 Å². The van der Waals surface area contributed by atoms with Crippen molar-refractivity contribution >= 4 is 11.6 Å². The molecule has 5 heteroatoms. The number of nitrogens with one attached hydrogen (secondary N) is 1. The Bertz CT molecular complexity index is 1370. The summed E-state index contributed by atoms with van der Waals surface area (Å²) in [6, 6.07) is 36.6. The minimum Gasteiger partial charge on any atom is -0.486 e. The maximum Gasteiger partial charge on any atom is 0.226 e. The second-order valence-corrected chi connectivity index (χ2v) is 11.1. The number of para-hydroxylation sites is 1. The zero-order valence-corrected chi connectivity index (χ0v) is 24.0. The number of anilines is 1. The highest BCUT2D eigenvalue weighted by Gasteiger charge is 2.23. The van der Waals surface area contributed by atoms with Crippen molar-refractivity contribution in [2.24, 2.45) is 5.92 Å². The van der Waals surface area contributed by atoms with Gasteiger partial charge < -0.3 is 19.7 Å². The number of piperidine rings is 1. The fourth-order valence-corrected chi connectivity index (χ4v) is 5.28. The number of ether oxygens (including phenoxy) is 2. The summed E-state index contributed by atoms with van der Waals surface area (Å²) in [4.78, 5) is 14.7. The van der Waals surface area contributed by atoms with Gasteiger partial charge in [-0.1, -0.05) is 74.5 Å². The maximum absolute atomic E-state index is 12.1. The van der Waals surface area contributed by atoms with Crippen LogP contribution in [0.2, 0.25) is 0 Å². The van der Waals surface area contributed by atoms with Crippen LogP contribution in [0.25, 0.3) is 0 Å². The molecule has 4 aromatic rings. The Kier molecular flexibility index (Phi) is 9.71. The Balaban J connectivity index is 1.16. The molecule has 1 amide bonds. The Hall–Kier alpha value is -4.09. The molecule has 1 aliphatic heterocycles. The number of hydrogen-bond acceptors (Lipinski definition) is 4. The summed E-state index contributed by atoms with van der Waals surface area (Å²) < 4.78 is 12.5. The summed E-state index contributed by atoms with van der Waals surface area (Å²) >= 11 is 0. The van der Waals surface area contributed by atoms with Crippen LogP contribution in [0.4, 0.5) is 5.69 Å². The Morgan fingerprint density at radius 2 is 1.44 bits per heavy atom. The molecule has 41 heavy (non-hydrogen) atoms. The van der Waals surface area contributed by atoms with Crippen molar-refractivity contribution in [3.63, 3.8) is 0 Å². The monoisotopic (exact) mass is 548 g/mol. The summed E-state index contributed by atoms with van der Waals surface area (Å²) in [7, 11) is 0. The van der Waals surface area contributed by atoms with Crippen LogP contribution in [-0.4, -0.2) is 30.4 Å². The van der Waals surface area contributed by atoms with Crippen molar-refractivity contribution in [1.82, 2.24) is 4.90 Å². The largest absolute Gasteiger partial charge is 0.486 e. The molecular weight excluding hydrogens is 508 g/mol. The van der Waals surface area contributed by atoms with Gasteiger partial charge in [0.15, 0.2) is 0 Å². The summed E-state index contributed by atoms with van der Waals surface area (Å²) in [5.74, 6) is 2.98. The molecular formula is C36H40N2O3. The third kappa shape index (κ3) is 8.21. The lowest BCUT2D eigenvalue weighted by Gasteiger charge is -2.33. The zero-order valence-electron chi connectivity index (χ0n) is 24.0. The summed E-state index contributed by atoms with van der Waals surface area (Å²) in [5, 5.41) is 3.04. The van der Waals surface area contributed by atoms with E-state index < -0.39 is 0 Å². The Morgan fingerprint density at radius 3 is 2.12 bits per heavy atom.